The molecular weight excluding hydrogens is 390 g/mol. The lowest BCUT2D eigenvalue weighted by atomic mass is 10.1. The molecule has 0 aromatic heterocycles. The van der Waals surface area contributed by atoms with Gasteiger partial charge in [0, 0.05) is 25.1 Å². The lowest BCUT2D eigenvalue weighted by molar-refractivity contribution is -0.121. The van der Waals surface area contributed by atoms with E-state index in [1.165, 1.54) is 24.3 Å². The number of carbonyl (C=O) groups excluding carboxylic acids is 2. The second-order valence-corrected chi connectivity index (χ2v) is 6.88. The van der Waals surface area contributed by atoms with Gasteiger partial charge in [0.15, 0.2) is 0 Å². The Balaban J connectivity index is 1.56. The molecule has 0 aliphatic heterocycles. The Labute approximate surface area is 168 Å². The highest BCUT2D eigenvalue weighted by atomic mass is 35.5. The number of carbonyl (C=O) groups is 2. The summed E-state index contributed by atoms with van der Waals surface area (Å²) in [6, 6.07) is 10.8. The Morgan fingerprint density at radius 1 is 0.889 bits per heavy atom. The van der Waals surface area contributed by atoms with Crippen LogP contribution in [0.3, 0.4) is 0 Å². The summed E-state index contributed by atoms with van der Waals surface area (Å²) in [5.41, 5.74) is 1.46. The molecule has 2 N–H and O–H groups in total. The molecular formula is C20H21Cl2FN2O2. The number of halogens is 3. The van der Waals surface area contributed by atoms with Crippen molar-refractivity contribution in [2.75, 3.05) is 13.1 Å². The highest BCUT2D eigenvalue weighted by Gasteiger charge is 2.06. The van der Waals surface area contributed by atoms with Crippen LogP contribution in [-0.4, -0.2) is 24.9 Å². The van der Waals surface area contributed by atoms with Crippen molar-refractivity contribution < 1.29 is 14.0 Å². The fourth-order valence-electron chi connectivity index (χ4n) is 2.46. The SMILES string of the molecule is O=C(CCCNC(=O)c1ccc(F)cc1)NCCCc1ccc(Cl)c(Cl)c1. The summed E-state index contributed by atoms with van der Waals surface area (Å²) in [4.78, 5) is 23.6. The third-order valence-electron chi connectivity index (χ3n) is 3.92. The largest absolute Gasteiger partial charge is 0.356 e. The molecule has 0 heterocycles. The first-order valence-corrected chi connectivity index (χ1v) is 9.45. The molecule has 0 saturated heterocycles. The van der Waals surface area contributed by atoms with E-state index < -0.39 is 0 Å². The molecule has 7 heteroatoms. The summed E-state index contributed by atoms with van der Waals surface area (Å²) in [5, 5.41) is 6.62. The van der Waals surface area contributed by atoms with Gasteiger partial charge in [-0.1, -0.05) is 29.3 Å². The summed E-state index contributed by atoms with van der Waals surface area (Å²) in [6.07, 6.45) is 2.46. The maximum absolute atomic E-state index is 12.8. The van der Waals surface area contributed by atoms with Gasteiger partial charge in [-0.3, -0.25) is 9.59 Å². The Hall–Kier alpha value is -2.11. The van der Waals surface area contributed by atoms with Crippen LogP contribution in [-0.2, 0) is 11.2 Å². The Kier molecular flexibility index (Phi) is 8.55. The summed E-state index contributed by atoms with van der Waals surface area (Å²) < 4.78 is 12.8. The van der Waals surface area contributed by atoms with Crippen molar-refractivity contribution in [2.24, 2.45) is 0 Å². The average Bonchev–Trinajstić information content (AvgIpc) is 2.65. The van der Waals surface area contributed by atoms with Gasteiger partial charge in [-0.2, -0.15) is 0 Å². The molecule has 0 radical (unpaired) electrons. The first-order chi connectivity index (χ1) is 13.0. The molecule has 4 nitrogen and oxygen atoms in total. The van der Waals surface area contributed by atoms with E-state index in [1.54, 1.807) is 6.07 Å². The maximum atomic E-state index is 12.8. The van der Waals surface area contributed by atoms with Crippen LogP contribution < -0.4 is 10.6 Å². The summed E-state index contributed by atoms with van der Waals surface area (Å²) in [6.45, 7) is 0.952. The zero-order valence-electron chi connectivity index (χ0n) is 14.7. The van der Waals surface area contributed by atoms with Gasteiger partial charge in [0.1, 0.15) is 5.82 Å². The van der Waals surface area contributed by atoms with Crippen LogP contribution >= 0.6 is 23.2 Å². The normalized spacial score (nSPS) is 10.5. The molecule has 0 unspecified atom stereocenters. The molecule has 0 bridgehead atoms. The van der Waals surface area contributed by atoms with E-state index in [0.29, 0.717) is 41.5 Å². The lowest BCUT2D eigenvalue weighted by Crippen LogP contribution is -2.28. The molecule has 2 aromatic carbocycles. The van der Waals surface area contributed by atoms with E-state index in [9.17, 15) is 14.0 Å². The number of hydrogen-bond acceptors (Lipinski definition) is 2. The monoisotopic (exact) mass is 410 g/mol. The quantitative estimate of drug-likeness (QED) is 0.602. The molecule has 0 aliphatic rings. The van der Waals surface area contributed by atoms with Crippen LogP contribution in [0.1, 0.15) is 35.2 Å². The predicted molar refractivity (Wildman–Crippen MR) is 106 cm³/mol. The zero-order valence-corrected chi connectivity index (χ0v) is 16.2. The van der Waals surface area contributed by atoms with Gasteiger partial charge in [-0.15, -0.1) is 0 Å². The van der Waals surface area contributed by atoms with Gasteiger partial charge >= 0.3 is 0 Å². The average molecular weight is 411 g/mol. The molecule has 144 valence electrons. The topological polar surface area (TPSA) is 58.2 Å². The van der Waals surface area contributed by atoms with Crippen molar-refractivity contribution in [2.45, 2.75) is 25.7 Å². The first kappa shape index (κ1) is 21.2. The van der Waals surface area contributed by atoms with E-state index >= 15 is 0 Å². The maximum Gasteiger partial charge on any atom is 0.251 e. The Morgan fingerprint density at radius 2 is 1.59 bits per heavy atom. The first-order valence-electron chi connectivity index (χ1n) is 8.70. The summed E-state index contributed by atoms with van der Waals surface area (Å²) in [5.74, 6) is -0.723. The second kappa shape index (κ2) is 10.9. The number of rotatable bonds is 9. The van der Waals surface area contributed by atoms with Crippen LogP contribution in [0, 0.1) is 5.82 Å². The van der Waals surface area contributed by atoms with E-state index in [4.69, 9.17) is 23.2 Å². The minimum atomic E-state index is -0.387. The lowest BCUT2D eigenvalue weighted by Gasteiger charge is -2.07. The zero-order chi connectivity index (χ0) is 19.6. The van der Waals surface area contributed by atoms with E-state index in [-0.39, 0.29) is 17.6 Å². The van der Waals surface area contributed by atoms with E-state index in [1.807, 2.05) is 12.1 Å². The van der Waals surface area contributed by atoms with Crippen LogP contribution in [0.15, 0.2) is 42.5 Å². The molecule has 0 saturated carbocycles. The van der Waals surface area contributed by atoms with Crippen LogP contribution in [0.4, 0.5) is 4.39 Å². The number of amides is 2. The molecule has 0 aliphatic carbocycles. The van der Waals surface area contributed by atoms with Gasteiger partial charge in [0.2, 0.25) is 5.91 Å². The second-order valence-electron chi connectivity index (χ2n) is 6.07. The van der Waals surface area contributed by atoms with Gasteiger partial charge in [0.25, 0.3) is 5.91 Å². The summed E-state index contributed by atoms with van der Waals surface area (Å²) in [7, 11) is 0. The number of hydrogen-bond donors (Lipinski definition) is 2. The third kappa shape index (κ3) is 7.57. The number of aryl methyl sites for hydroxylation is 1. The number of benzene rings is 2. The molecule has 2 rings (SSSR count). The summed E-state index contributed by atoms with van der Waals surface area (Å²) >= 11 is 11.8. The molecule has 2 aromatic rings. The highest BCUT2D eigenvalue weighted by Crippen LogP contribution is 2.23. The fraction of sp³-hybridized carbons (Fsp3) is 0.300. The molecule has 27 heavy (non-hydrogen) atoms. The smallest absolute Gasteiger partial charge is 0.251 e. The fourth-order valence-corrected chi connectivity index (χ4v) is 2.78. The van der Waals surface area contributed by atoms with E-state index in [0.717, 1.165) is 18.4 Å². The van der Waals surface area contributed by atoms with Crippen molar-refractivity contribution in [1.82, 2.24) is 10.6 Å². The van der Waals surface area contributed by atoms with Crippen molar-refractivity contribution in [3.8, 4) is 0 Å². The minimum Gasteiger partial charge on any atom is -0.356 e. The Bertz CT molecular complexity index is 782. The van der Waals surface area contributed by atoms with Crippen LogP contribution in [0.5, 0.6) is 0 Å². The highest BCUT2D eigenvalue weighted by molar-refractivity contribution is 6.42. The number of nitrogens with one attached hydrogen (secondary N) is 2. The van der Waals surface area contributed by atoms with Gasteiger partial charge in [0.05, 0.1) is 10.0 Å². The van der Waals surface area contributed by atoms with Gasteiger partial charge < -0.3 is 10.6 Å². The van der Waals surface area contributed by atoms with E-state index in [2.05, 4.69) is 10.6 Å². The third-order valence-corrected chi connectivity index (χ3v) is 4.66. The van der Waals surface area contributed by atoms with Gasteiger partial charge in [-0.05, 0) is 61.2 Å². The van der Waals surface area contributed by atoms with Crippen molar-refractivity contribution in [3.63, 3.8) is 0 Å². The molecule has 2 amide bonds. The van der Waals surface area contributed by atoms with Gasteiger partial charge in [-0.25, -0.2) is 4.39 Å². The Morgan fingerprint density at radius 3 is 2.30 bits per heavy atom. The molecule has 0 atom stereocenters. The molecule has 0 fully saturated rings. The van der Waals surface area contributed by atoms with Crippen LogP contribution in [0.25, 0.3) is 0 Å². The predicted octanol–water partition coefficient (Wildman–Crippen LogP) is 4.39. The van der Waals surface area contributed by atoms with Crippen LogP contribution in [0.2, 0.25) is 10.0 Å². The van der Waals surface area contributed by atoms with Crippen molar-refractivity contribution in [1.29, 1.82) is 0 Å². The van der Waals surface area contributed by atoms with Crippen molar-refractivity contribution >= 4 is 35.0 Å². The standard InChI is InChI=1S/C20H21Cl2FN2O2/c21-17-10-5-14(13-18(17)22)3-1-11-24-19(26)4-2-12-25-20(27)15-6-8-16(23)9-7-15/h5-10,13H,1-4,11-12H2,(H,24,26)(H,25,27). The minimum absolute atomic E-state index is 0.0554. The van der Waals surface area contributed by atoms with Crippen molar-refractivity contribution in [3.05, 3.63) is 69.5 Å². The molecule has 0 spiro atoms.